The van der Waals surface area contributed by atoms with Gasteiger partial charge in [-0.2, -0.15) is 0 Å². The van der Waals surface area contributed by atoms with Crippen molar-refractivity contribution in [3.05, 3.63) is 118 Å². The number of methoxy groups -OCH3 is 2. The number of carbonyl (C=O) groups is 2. The summed E-state index contributed by atoms with van der Waals surface area (Å²) in [6, 6.07) is 21.3. The number of hydrogen-bond donors (Lipinski definition) is 3. The molecule has 0 aliphatic carbocycles. The fourth-order valence-electron chi connectivity index (χ4n) is 4.19. The first-order valence-corrected chi connectivity index (χ1v) is 13.6. The average Bonchev–Trinajstić information content (AvgIpc) is 3.03. The van der Waals surface area contributed by atoms with E-state index in [2.05, 4.69) is 16.0 Å². The van der Waals surface area contributed by atoms with Crippen LogP contribution in [0.5, 0.6) is 17.2 Å². The molecule has 0 atom stereocenters. The van der Waals surface area contributed by atoms with Gasteiger partial charge in [-0.25, -0.2) is 4.39 Å². The smallest absolute Gasteiger partial charge is 0.271 e. The fourth-order valence-corrected chi connectivity index (χ4v) is 4.19. The minimum atomic E-state index is -0.653. The molecule has 4 aromatic carbocycles. The van der Waals surface area contributed by atoms with Gasteiger partial charge in [0.1, 0.15) is 23.1 Å². The average molecular weight is 603 g/mol. The molecule has 3 N–H and O–H groups in total. The van der Waals surface area contributed by atoms with E-state index in [0.717, 1.165) is 6.07 Å². The zero-order chi connectivity index (χ0) is 31.5. The number of amides is 2. The summed E-state index contributed by atoms with van der Waals surface area (Å²) in [5.74, 6) is -0.264. The molecule has 0 bridgehead atoms. The van der Waals surface area contributed by atoms with E-state index in [0.29, 0.717) is 42.3 Å². The number of nitrogens with one attached hydrogen (secondary N) is 3. The van der Waals surface area contributed by atoms with Crippen LogP contribution < -0.4 is 30.2 Å². The van der Waals surface area contributed by atoms with E-state index in [4.69, 9.17) is 14.2 Å². The Bertz CT molecular complexity index is 1630. The van der Waals surface area contributed by atoms with Crippen LogP contribution >= 0.6 is 0 Å². The highest BCUT2D eigenvalue weighted by molar-refractivity contribution is 6.13. The molecule has 12 heteroatoms. The van der Waals surface area contributed by atoms with E-state index in [1.165, 1.54) is 38.5 Å². The molecule has 4 aromatic rings. The molecule has 0 fully saturated rings. The van der Waals surface area contributed by atoms with Gasteiger partial charge in [0.25, 0.3) is 17.5 Å². The third-order valence-corrected chi connectivity index (χ3v) is 6.52. The van der Waals surface area contributed by atoms with Crippen molar-refractivity contribution in [3.63, 3.8) is 0 Å². The van der Waals surface area contributed by atoms with E-state index >= 15 is 0 Å². The molecule has 4 rings (SSSR count). The number of anilines is 2. The van der Waals surface area contributed by atoms with Crippen LogP contribution in [-0.4, -0.2) is 44.1 Å². The third-order valence-electron chi connectivity index (χ3n) is 6.52. The van der Waals surface area contributed by atoms with Gasteiger partial charge in [0.05, 0.1) is 42.6 Å². The van der Waals surface area contributed by atoms with Crippen molar-refractivity contribution in [1.29, 1.82) is 0 Å². The minimum absolute atomic E-state index is 0.0108. The Morgan fingerprint density at radius 3 is 2.23 bits per heavy atom. The summed E-state index contributed by atoms with van der Waals surface area (Å²) in [5.41, 5.74) is 0.776. The summed E-state index contributed by atoms with van der Waals surface area (Å²) < 4.78 is 30.1. The number of carbonyl (C=O) groups excluding carboxylic acids is 2. The highest BCUT2D eigenvalue weighted by Gasteiger charge is 2.21. The molecule has 0 spiro atoms. The Hall–Kier alpha value is -5.49. The summed E-state index contributed by atoms with van der Waals surface area (Å²) in [4.78, 5) is 37.4. The largest absolute Gasteiger partial charge is 0.497 e. The van der Waals surface area contributed by atoms with Crippen LogP contribution in [0.25, 0.3) is 0 Å². The molecule has 0 unspecified atom stereocenters. The summed E-state index contributed by atoms with van der Waals surface area (Å²) >= 11 is 0. The lowest BCUT2D eigenvalue weighted by atomic mass is 10.1. The summed E-state index contributed by atoms with van der Waals surface area (Å²) in [6.07, 6.45) is 0.549. The Kier molecular flexibility index (Phi) is 10.8. The molecular formula is C32H31FN4O7. The Morgan fingerprint density at radius 2 is 1.52 bits per heavy atom. The van der Waals surface area contributed by atoms with E-state index in [9.17, 15) is 24.1 Å². The molecule has 0 aliphatic rings. The van der Waals surface area contributed by atoms with Crippen LogP contribution in [0, 0.1) is 15.9 Å². The minimum Gasteiger partial charge on any atom is -0.497 e. The van der Waals surface area contributed by atoms with Crippen LogP contribution in [-0.2, 0) is 6.54 Å². The van der Waals surface area contributed by atoms with Gasteiger partial charge in [0.2, 0.25) is 0 Å². The zero-order valence-corrected chi connectivity index (χ0v) is 24.1. The number of ether oxygens (including phenoxy) is 3. The summed E-state index contributed by atoms with van der Waals surface area (Å²) in [6.45, 7) is 1.11. The number of non-ortho nitro benzene ring substituents is 1. The predicted molar refractivity (Wildman–Crippen MR) is 163 cm³/mol. The lowest BCUT2D eigenvalue weighted by molar-refractivity contribution is -0.384. The van der Waals surface area contributed by atoms with Crippen molar-refractivity contribution in [2.75, 3.05) is 38.0 Å². The Labute approximate surface area is 253 Å². The van der Waals surface area contributed by atoms with Crippen LogP contribution in [0.1, 0.15) is 32.7 Å². The number of benzene rings is 4. The summed E-state index contributed by atoms with van der Waals surface area (Å²) in [7, 11) is 2.99. The SMILES string of the molecule is COc1ccc(NC(=O)c2ccc([N+](=O)[O-])cc2NC(=O)c2ccc(OC)cc2OCCCNCc2ccccc2F)cc1. The normalized spacial score (nSPS) is 10.5. The van der Waals surface area contributed by atoms with Crippen molar-refractivity contribution in [2.24, 2.45) is 0 Å². The van der Waals surface area contributed by atoms with Crippen molar-refractivity contribution < 1.29 is 33.1 Å². The number of nitro groups is 1. The molecule has 0 aliphatic heterocycles. The number of nitrogens with zero attached hydrogens (tertiary/aromatic N) is 1. The zero-order valence-electron chi connectivity index (χ0n) is 24.1. The van der Waals surface area contributed by atoms with Crippen molar-refractivity contribution in [3.8, 4) is 17.2 Å². The van der Waals surface area contributed by atoms with Gasteiger partial charge in [-0.05, 0) is 61.5 Å². The molecule has 0 radical (unpaired) electrons. The molecule has 228 valence electrons. The Morgan fingerprint density at radius 1 is 0.841 bits per heavy atom. The summed E-state index contributed by atoms with van der Waals surface area (Å²) in [5, 5.41) is 20.0. The number of rotatable bonds is 14. The lowest BCUT2D eigenvalue weighted by Gasteiger charge is -2.15. The number of halogens is 1. The molecule has 0 saturated carbocycles. The van der Waals surface area contributed by atoms with Crippen LogP contribution in [0.4, 0.5) is 21.5 Å². The molecule has 0 heterocycles. The predicted octanol–water partition coefficient (Wildman–Crippen LogP) is 5.81. The van der Waals surface area contributed by atoms with Crippen molar-refractivity contribution in [2.45, 2.75) is 13.0 Å². The van der Waals surface area contributed by atoms with E-state index in [1.54, 1.807) is 54.6 Å². The van der Waals surface area contributed by atoms with E-state index in [-0.39, 0.29) is 40.7 Å². The first kappa shape index (κ1) is 31.4. The van der Waals surface area contributed by atoms with E-state index in [1.807, 2.05) is 0 Å². The van der Waals surface area contributed by atoms with Gasteiger partial charge in [-0.1, -0.05) is 18.2 Å². The first-order valence-electron chi connectivity index (χ1n) is 13.6. The van der Waals surface area contributed by atoms with Gasteiger partial charge in [0, 0.05) is 36.0 Å². The first-order chi connectivity index (χ1) is 21.3. The van der Waals surface area contributed by atoms with Gasteiger partial charge in [-0.15, -0.1) is 0 Å². The second-order valence-electron chi connectivity index (χ2n) is 9.46. The van der Waals surface area contributed by atoms with Crippen LogP contribution in [0.2, 0.25) is 0 Å². The van der Waals surface area contributed by atoms with Gasteiger partial charge in [-0.3, -0.25) is 19.7 Å². The van der Waals surface area contributed by atoms with Gasteiger partial charge < -0.3 is 30.2 Å². The maximum Gasteiger partial charge on any atom is 0.271 e. The lowest BCUT2D eigenvalue weighted by Crippen LogP contribution is -2.20. The van der Waals surface area contributed by atoms with Crippen LogP contribution in [0.3, 0.4) is 0 Å². The molecule has 2 amide bonds. The van der Waals surface area contributed by atoms with Crippen LogP contribution in [0.15, 0.2) is 84.9 Å². The monoisotopic (exact) mass is 602 g/mol. The third kappa shape index (κ3) is 8.29. The number of nitro benzene ring substituents is 1. The molecule has 11 nitrogen and oxygen atoms in total. The van der Waals surface area contributed by atoms with E-state index < -0.39 is 16.7 Å². The standard InChI is InChI=1S/C32H31FN4O7/c1-42-24-11-8-22(9-12-24)35-31(38)26-14-10-23(37(40)41)18-29(26)36-32(39)27-15-13-25(43-2)19-30(27)44-17-5-16-34-20-21-6-3-4-7-28(21)33/h3-4,6-15,18-19,34H,5,16-17,20H2,1-2H3,(H,35,38)(H,36,39). The molecular weight excluding hydrogens is 571 g/mol. The van der Waals surface area contributed by atoms with Crippen molar-refractivity contribution >= 4 is 28.9 Å². The highest BCUT2D eigenvalue weighted by Crippen LogP contribution is 2.29. The second kappa shape index (κ2) is 15.1. The number of hydrogen-bond acceptors (Lipinski definition) is 8. The van der Waals surface area contributed by atoms with Gasteiger partial charge >= 0.3 is 0 Å². The topological polar surface area (TPSA) is 141 Å². The fraction of sp³-hybridized carbons (Fsp3) is 0.188. The molecule has 44 heavy (non-hydrogen) atoms. The maximum absolute atomic E-state index is 13.8. The van der Waals surface area contributed by atoms with Gasteiger partial charge in [0.15, 0.2) is 0 Å². The molecule has 0 aromatic heterocycles. The Balaban J connectivity index is 1.47. The van der Waals surface area contributed by atoms with Crippen molar-refractivity contribution in [1.82, 2.24) is 5.32 Å². The molecule has 0 saturated heterocycles. The second-order valence-corrected chi connectivity index (χ2v) is 9.46. The quantitative estimate of drug-likeness (QED) is 0.0933. The maximum atomic E-state index is 13.8. The highest BCUT2D eigenvalue weighted by atomic mass is 19.1.